The summed E-state index contributed by atoms with van der Waals surface area (Å²) in [6.07, 6.45) is 1.15. The molecule has 2 rings (SSSR count). The van der Waals surface area contributed by atoms with Gasteiger partial charge >= 0.3 is 5.97 Å². The van der Waals surface area contributed by atoms with E-state index in [1.807, 2.05) is 0 Å². The standard InChI is InChI=1S/C17H16O5S2/c1-11(18)23-16(17(19)20)14-5-3-12(4-6-14)13-7-9-15(10-8-13)24(2,21)22/h3-10,16H,1-2H3,(H,19,20). The maximum Gasteiger partial charge on any atom is 0.321 e. The lowest BCUT2D eigenvalue weighted by atomic mass is 10.0. The van der Waals surface area contributed by atoms with Crippen molar-refractivity contribution in [1.82, 2.24) is 0 Å². The fraction of sp³-hybridized carbons (Fsp3) is 0.176. The normalized spacial score (nSPS) is 12.6. The van der Waals surface area contributed by atoms with Crippen LogP contribution in [0.25, 0.3) is 11.1 Å². The van der Waals surface area contributed by atoms with E-state index < -0.39 is 21.1 Å². The van der Waals surface area contributed by atoms with Gasteiger partial charge in [0.15, 0.2) is 15.0 Å². The highest BCUT2D eigenvalue weighted by Crippen LogP contribution is 2.31. The molecule has 0 aliphatic rings. The molecular weight excluding hydrogens is 348 g/mol. The second-order valence-corrected chi connectivity index (χ2v) is 8.54. The number of aliphatic carboxylic acids is 1. The molecule has 2 aromatic carbocycles. The molecule has 1 atom stereocenters. The fourth-order valence-corrected chi connectivity index (χ4v) is 3.53. The van der Waals surface area contributed by atoms with Crippen LogP contribution in [0.4, 0.5) is 0 Å². The van der Waals surface area contributed by atoms with E-state index in [1.165, 1.54) is 19.1 Å². The number of benzene rings is 2. The second-order valence-electron chi connectivity index (χ2n) is 5.25. The topological polar surface area (TPSA) is 88.5 Å². The van der Waals surface area contributed by atoms with Crippen LogP contribution in [0.15, 0.2) is 53.4 Å². The third-order valence-corrected chi connectivity index (χ3v) is 5.51. The van der Waals surface area contributed by atoms with Crippen LogP contribution in [-0.4, -0.2) is 30.9 Å². The summed E-state index contributed by atoms with van der Waals surface area (Å²) in [4.78, 5) is 22.7. The van der Waals surface area contributed by atoms with E-state index in [9.17, 15) is 23.1 Å². The van der Waals surface area contributed by atoms with Crippen molar-refractivity contribution in [2.24, 2.45) is 0 Å². The van der Waals surface area contributed by atoms with Crippen LogP contribution < -0.4 is 0 Å². The molecule has 1 unspecified atom stereocenters. The van der Waals surface area contributed by atoms with Gasteiger partial charge in [0.25, 0.3) is 0 Å². The first-order valence-electron chi connectivity index (χ1n) is 6.99. The zero-order chi connectivity index (χ0) is 17.9. The number of carboxylic acids is 1. The number of hydrogen-bond donors (Lipinski definition) is 1. The number of sulfone groups is 1. The molecule has 0 aromatic heterocycles. The molecule has 0 fully saturated rings. The largest absolute Gasteiger partial charge is 0.480 e. The molecule has 0 saturated carbocycles. The first-order valence-corrected chi connectivity index (χ1v) is 9.76. The van der Waals surface area contributed by atoms with Crippen LogP contribution in [0, 0.1) is 0 Å². The van der Waals surface area contributed by atoms with Gasteiger partial charge in [0.2, 0.25) is 0 Å². The smallest absolute Gasteiger partial charge is 0.321 e. The first-order chi connectivity index (χ1) is 11.2. The van der Waals surface area contributed by atoms with Crippen LogP contribution in [0.1, 0.15) is 17.7 Å². The predicted molar refractivity (Wildman–Crippen MR) is 93.6 cm³/mol. The van der Waals surface area contributed by atoms with Gasteiger partial charge in [0, 0.05) is 13.2 Å². The van der Waals surface area contributed by atoms with E-state index in [1.54, 1.807) is 36.4 Å². The van der Waals surface area contributed by atoms with Crippen molar-refractivity contribution in [1.29, 1.82) is 0 Å². The summed E-state index contributed by atoms with van der Waals surface area (Å²) in [7, 11) is -3.24. The molecule has 0 aliphatic carbocycles. The maximum atomic E-state index is 11.5. The Hall–Kier alpha value is -2.12. The summed E-state index contributed by atoms with van der Waals surface area (Å²) in [5.41, 5.74) is 2.18. The van der Waals surface area contributed by atoms with E-state index in [0.717, 1.165) is 29.1 Å². The third kappa shape index (κ3) is 4.46. The van der Waals surface area contributed by atoms with Crippen LogP contribution in [0.3, 0.4) is 0 Å². The lowest BCUT2D eigenvalue weighted by Crippen LogP contribution is -2.09. The molecule has 0 radical (unpaired) electrons. The minimum atomic E-state index is -3.24. The van der Waals surface area contributed by atoms with Crippen molar-refractivity contribution >= 4 is 32.7 Å². The zero-order valence-corrected chi connectivity index (χ0v) is 14.7. The molecule has 1 N–H and O–H groups in total. The van der Waals surface area contributed by atoms with Crippen LogP contribution in [0.2, 0.25) is 0 Å². The van der Waals surface area contributed by atoms with Gasteiger partial charge in [0.1, 0.15) is 5.25 Å². The van der Waals surface area contributed by atoms with E-state index in [2.05, 4.69) is 0 Å². The minimum Gasteiger partial charge on any atom is -0.480 e. The van der Waals surface area contributed by atoms with Crippen molar-refractivity contribution in [2.45, 2.75) is 17.1 Å². The third-order valence-electron chi connectivity index (χ3n) is 3.34. The summed E-state index contributed by atoms with van der Waals surface area (Å²) < 4.78 is 22.9. The molecule has 0 bridgehead atoms. The predicted octanol–water partition coefficient (Wildman–Crippen LogP) is 3.16. The number of carbonyl (C=O) groups is 2. The summed E-state index contributed by atoms with van der Waals surface area (Å²) >= 11 is 0.762. The summed E-state index contributed by atoms with van der Waals surface area (Å²) in [5.74, 6) is -1.07. The van der Waals surface area contributed by atoms with Crippen molar-refractivity contribution < 1.29 is 23.1 Å². The summed E-state index contributed by atoms with van der Waals surface area (Å²) in [5, 5.41) is 8.04. The zero-order valence-electron chi connectivity index (χ0n) is 13.1. The van der Waals surface area contributed by atoms with Crippen molar-refractivity contribution in [3.8, 4) is 11.1 Å². The van der Waals surface area contributed by atoms with Crippen LogP contribution in [0.5, 0.6) is 0 Å². The molecule has 0 aliphatic heterocycles. The monoisotopic (exact) mass is 364 g/mol. The number of thioether (sulfide) groups is 1. The highest BCUT2D eigenvalue weighted by atomic mass is 32.2. The highest BCUT2D eigenvalue weighted by Gasteiger charge is 2.22. The fourth-order valence-electron chi connectivity index (χ4n) is 2.17. The summed E-state index contributed by atoms with van der Waals surface area (Å²) in [6.45, 7) is 1.33. The molecule has 5 nitrogen and oxygen atoms in total. The average molecular weight is 364 g/mol. The van der Waals surface area contributed by atoms with Gasteiger partial charge in [-0.2, -0.15) is 0 Å². The van der Waals surface area contributed by atoms with Gasteiger partial charge in [-0.05, 0) is 28.8 Å². The van der Waals surface area contributed by atoms with E-state index in [0.29, 0.717) is 5.56 Å². The minimum absolute atomic E-state index is 0.242. The SMILES string of the molecule is CC(=O)SC(C(=O)O)c1ccc(-c2ccc(S(C)(=O)=O)cc2)cc1. The molecule has 24 heavy (non-hydrogen) atoms. The number of carbonyl (C=O) groups excluding carboxylic acids is 1. The van der Waals surface area contributed by atoms with Crippen LogP contribution >= 0.6 is 11.8 Å². The Bertz CT molecular complexity index is 853. The van der Waals surface area contributed by atoms with Crippen molar-refractivity contribution in [3.05, 3.63) is 54.1 Å². The molecule has 126 valence electrons. The Morgan fingerprint density at radius 3 is 1.79 bits per heavy atom. The molecule has 0 spiro atoms. The van der Waals surface area contributed by atoms with E-state index >= 15 is 0 Å². The lowest BCUT2D eigenvalue weighted by Gasteiger charge is -2.11. The van der Waals surface area contributed by atoms with Gasteiger partial charge in [-0.3, -0.25) is 9.59 Å². The lowest BCUT2D eigenvalue weighted by molar-refractivity contribution is -0.136. The molecule has 0 amide bonds. The molecule has 7 heteroatoms. The Morgan fingerprint density at radius 2 is 1.42 bits per heavy atom. The second kappa shape index (κ2) is 7.19. The average Bonchev–Trinajstić information content (AvgIpc) is 2.52. The Morgan fingerprint density at radius 1 is 0.958 bits per heavy atom. The Labute approximate surface area is 144 Å². The Kier molecular flexibility index (Phi) is 5.46. The highest BCUT2D eigenvalue weighted by molar-refractivity contribution is 8.14. The Balaban J connectivity index is 2.28. The maximum absolute atomic E-state index is 11.5. The van der Waals surface area contributed by atoms with Crippen LogP contribution in [-0.2, 0) is 19.4 Å². The quantitative estimate of drug-likeness (QED) is 0.877. The van der Waals surface area contributed by atoms with E-state index in [-0.39, 0.29) is 10.0 Å². The van der Waals surface area contributed by atoms with E-state index in [4.69, 9.17) is 0 Å². The van der Waals surface area contributed by atoms with Gasteiger partial charge in [-0.25, -0.2) is 8.42 Å². The number of rotatable bonds is 5. The van der Waals surface area contributed by atoms with Gasteiger partial charge in [-0.1, -0.05) is 48.2 Å². The first kappa shape index (κ1) is 18.2. The number of carboxylic acid groups (broad SMARTS) is 1. The molecular formula is C17H16O5S2. The van der Waals surface area contributed by atoms with Crippen molar-refractivity contribution in [3.63, 3.8) is 0 Å². The molecule has 0 heterocycles. The van der Waals surface area contributed by atoms with Gasteiger partial charge in [0.05, 0.1) is 4.90 Å². The van der Waals surface area contributed by atoms with Crippen molar-refractivity contribution in [2.75, 3.05) is 6.26 Å². The number of hydrogen-bond acceptors (Lipinski definition) is 5. The molecule has 2 aromatic rings. The molecule has 0 saturated heterocycles. The van der Waals surface area contributed by atoms with Gasteiger partial charge in [-0.15, -0.1) is 0 Å². The van der Waals surface area contributed by atoms with Gasteiger partial charge < -0.3 is 5.11 Å². The summed E-state index contributed by atoms with van der Waals surface area (Å²) in [6, 6.07) is 13.3.